The van der Waals surface area contributed by atoms with Crippen molar-refractivity contribution < 1.29 is 9.21 Å². The standard InChI is InChI=1S/C18H17ClN4O2S/c1-3-9-23-17(13-8-10-25-12(13)2)21-22-18(23)26-11-16(24)20-15-7-5-4-6-14(15)19/h3-8,10H,1,9,11H2,2H3,(H,20,24). The number of amides is 1. The lowest BCUT2D eigenvalue weighted by atomic mass is 10.2. The van der Waals surface area contributed by atoms with Gasteiger partial charge < -0.3 is 9.73 Å². The molecule has 0 radical (unpaired) electrons. The number of rotatable bonds is 7. The van der Waals surface area contributed by atoms with Crippen molar-refractivity contribution in [2.24, 2.45) is 0 Å². The fourth-order valence-corrected chi connectivity index (χ4v) is 3.32. The predicted octanol–water partition coefficient (Wildman–Crippen LogP) is 4.42. The van der Waals surface area contributed by atoms with Crippen LogP contribution in [0.3, 0.4) is 0 Å². The fourth-order valence-electron chi connectivity index (χ4n) is 2.38. The molecule has 1 aromatic carbocycles. The van der Waals surface area contributed by atoms with E-state index in [1.807, 2.05) is 29.7 Å². The average Bonchev–Trinajstić information content (AvgIpc) is 3.21. The maximum Gasteiger partial charge on any atom is 0.234 e. The molecule has 26 heavy (non-hydrogen) atoms. The number of allylic oxidation sites excluding steroid dienone is 1. The Labute approximate surface area is 160 Å². The molecule has 0 fully saturated rings. The minimum atomic E-state index is -0.169. The monoisotopic (exact) mass is 388 g/mol. The molecule has 0 unspecified atom stereocenters. The molecule has 2 heterocycles. The van der Waals surface area contributed by atoms with E-state index in [4.69, 9.17) is 16.0 Å². The molecule has 1 N–H and O–H groups in total. The smallest absolute Gasteiger partial charge is 0.234 e. The largest absolute Gasteiger partial charge is 0.469 e. The molecule has 0 spiro atoms. The molecule has 0 bridgehead atoms. The van der Waals surface area contributed by atoms with Crippen LogP contribution in [0.25, 0.3) is 11.4 Å². The second kappa shape index (κ2) is 8.25. The van der Waals surface area contributed by atoms with E-state index in [0.717, 1.165) is 11.3 Å². The quantitative estimate of drug-likeness (QED) is 0.479. The average molecular weight is 389 g/mol. The summed E-state index contributed by atoms with van der Waals surface area (Å²) in [5.41, 5.74) is 1.45. The van der Waals surface area contributed by atoms with Gasteiger partial charge in [-0.05, 0) is 25.1 Å². The molecular weight excluding hydrogens is 372 g/mol. The van der Waals surface area contributed by atoms with Gasteiger partial charge in [0.1, 0.15) is 5.76 Å². The van der Waals surface area contributed by atoms with E-state index in [9.17, 15) is 4.79 Å². The van der Waals surface area contributed by atoms with E-state index in [1.54, 1.807) is 24.5 Å². The van der Waals surface area contributed by atoms with Crippen LogP contribution in [0.5, 0.6) is 0 Å². The number of aryl methyl sites for hydroxylation is 1. The van der Waals surface area contributed by atoms with E-state index >= 15 is 0 Å². The van der Waals surface area contributed by atoms with Gasteiger partial charge in [-0.1, -0.05) is 41.6 Å². The number of para-hydroxylation sites is 1. The first-order chi connectivity index (χ1) is 12.6. The van der Waals surface area contributed by atoms with Gasteiger partial charge in [0, 0.05) is 6.54 Å². The Morgan fingerprint density at radius 2 is 2.19 bits per heavy atom. The zero-order valence-electron chi connectivity index (χ0n) is 14.1. The molecule has 3 aromatic rings. The van der Waals surface area contributed by atoms with Crippen LogP contribution in [-0.4, -0.2) is 26.4 Å². The summed E-state index contributed by atoms with van der Waals surface area (Å²) < 4.78 is 7.25. The van der Waals surface area contributed by atoms with Crippen molar-refractivity contribution in [2.75, 3.05) is 11.1 Å². The minimum absolute atomic E-state index is 0.169. The van der Waals surface area contributed by atoms with Crippen LogP contribution in [-0.2, 0) is 11.3 Å². The predicted molar refractivity (Wildman–Crippen MR) is 103 cm³/mol. The number of hydrogen-bond donors (Lipinski definition) is 1. The van der Waals surface area contributed by atoms with Gasteiger partial charge in [0.05, 0.1) is 28.3 Å². The third-order valence-corrected chi connectivity index (χ3v) is 4.90. The van der Waals surface area contributed by atoms with Crippen molar-refractivity contribution in [3.05, 3.63) is 60.0 Å². The van der Waals surface area contributed by atoms with Crippen molar-refractivity contribution >= 4 is 35.0 Å². The fraction of sp³-hybridized carbons (Fsp3) is 0.167. The van der Waals surface area contributed by atoms with Gasteiger partial charge in [-0.15, -0.1) is 16.8 Å². The number of benzene rings is 1. The van der Waals surface area contributed by atoms with Crippen LogP contribution in [0.15, 0.2) is 58.8 Å². The molecule has 1 amide bonds. The van der Waals surface area contributed by atoms with E-state index in [0.29, 0.717) is 28.2 Å². The Balaban J connectivity index is 1.73. The number of halogens is 1. The number of carbonyl (C=O) groups excluding carboxylic acids is 1. The van der Waals surface area contributed by atoms with Gasteiger partial charge in [0.15, 0.2) is 11.0 Å². The summed E-state index contributed by atoms with van der Waals surface area (Å²) in [5, 5.41) is 12.4. The SMILES string of the molecule is C=CCn1c(SCC(=O)Nc2ccccc2Cl)nnc1-c1ccoc1C. The highest BCUT2D eigenvalue weighted by Crippen LogP contribution is 2.27. The van der Waals surface area contributed by atoms with Crippen molar-refractivity contribution in [3.63, 3.8) is 0 Å². The van der Waals surface area contributed by atoms with Crippen molar-refractivity contribution in [3.8, 4) is 11.4 Å². The number of carbonyl (C=O) groups is 1. The van der Waals surface area contributed by atoms with Crippen molar-refractivity contribution in [1.29, 1.82) is 0 Å². The molecular formula is C18H17ClN4O2S. The second-order valence-electron chi connectivity index (χ2n) is 5.41. The Hall–Kier alpha value is -2.51. The lowest BCUT2D eigenvalue weighted by Gasteiger charge is -2.08. The summed E-state index contributed by atoms with van der Waals surface area (Å²) in [5.74, 6) is 1.46. The lowest BCUT2D eigenvalue weighted by molar-refractivity contribution is -0.113. The number of anilines is 1. The Kier molecular flexibility index (Phi) is 5.80. The molecule has 0 atom stereocenters. The molecule has 6 nitrogen and oxygen atoms in total. The number of nitrogens with zero attached hydrogens (tertiary/aromatic N) is 3. The normalized spacial score (nSPS) is 10.7. The Morgan fingerprint density at radius 3 is 2.88 bits per heavy atom. The number of nitrogens with one attached hydrogen (secondary N) is 1. The van der Waals surface area contributed by atoms with Crippen LogP contribution in [0.4, 0.5) is 5.69 Å². The highest BCUT2D eigenvalue weighted by molar-refractivity contribution is 7.99. The number of aromatic nitrogens is 3. The topological polar surface area (TPSA) is 73.0 Å². The number of furan rings is 1. The molecule has 0 saturated carbocycles. The molecule has 3 rings (SSSR count). The van der Waals surface area contributed by atoms with Crippen molar-refractivity contribution in [2.45, 2.75) is 18.6 Å². The van der Waals surface area contributed by atoms with Gasteiger partial charge in [-0.3, -0.25) is 9.36 Å². The Bertz CT molecular complexity index is 935. The summed E-state index contributed by atoms with van der Waals surface area (Å²) in [6, 6.07) is 8.95. The summed E-state index contributed by atoms with van der Waals surface area (Å²) >= 11 is 7.36. The number of hydrogen-bond acceptors (Lipinski definition) is 5. The number of thioether (sulfide) groups is 1. The minimum Gasteiger partial charge on any atom is -0.469 e. The first kappa shape index (κ1) is 18.3. The first-order valence-corrected chi connectivity index (χ1v) is 9.22. The van der Waals surface area contributed by atoms with Crippen LogP contribution >= 0.6 is 23.4 Å². The summed E-state index contributed by atoms with van der Waals surface area (Å²) in [4.78, 5) is 12.2. The van der Waals surface area contributed by atoms with Crippen LogP contribution in [0.1, 0.15) is 5.76 Å². The highest BCUT2D eigenvalue weighted by atomic mass is 35.5. The summed E-state index contributed by atoms with van der Waals surface area (Å²) in [6.45, 7) is 6.18. The molecule has 0 aliphatic carbocycles. The molecule has 8 heteroatoms. The van der Waals surface area contributed by atoms with E-state index in [1.165, 1.54) is 11.8 Å². The second-order valence-corrected chi connectivity index (χ2v) is 6.76. The van der Waals surface area contributed by atoms with E-state index < -0.39 is 0 Å². The highest BCUT2D eigenvalue weighted by Gasteiger charge is 2.17. The third-order valence-electron chi connectivity index (χ3n) is 3.61. The van der Waals surface area contributed by atoms with Crippen LogP contribution < -0.4 is 5.32 Å². The molecule has 2 aromatic heterocycles. The molecule has 0 saturated heterocycles. The zero-order valence-corrected chi connectivity index (χ0v) is 15.7. The summed E-state index contributed by atoms with van der Waals surface area (Å²) in [6.07, 6.45) is 3.37. The third kappa shape index (κ3) is 4.00. The van der Waals surface area contributed by atoms with Gasteiger partial charge in [-0.25, -0.2) is 0 Å². The van der Waals surface area contributed by atoms with Crippen LogP contribution in [0.2, 0.25) is 5.02 Å². The molecule has 134 valence electrons. The maximum atomic E-state index is 12.2. The maximum absolute atomic E-state index is 12.2. The zero-order chi connectivity index (χ0) is 18.5. The molecule has 0 aliphatic rings. The summed E-state index contributed by atoms with van der Waals surface area (Å²) in [7, 11) is 0. The van der Waals surface area contributed by atoms with E-state index in [-0.39, 0.29) is 11.7 Å². The van der Waals surface area contributed by atoms with Gasteiger partial charge in [-0.2, -0.15) is 0 Å². The lowest BCUT2D eigenvalue weighted by Crippen LogP contribution is -2.15. The molecule has 0 aliphatic heterocycles. The van der Waals surface area contributed by atoms with Gasteiger partial charge >= 0.3 is 0 Å². The van der Waals surface area contributed by atoms with Gasteiger partial charge in [0.25, 0.3) is 0 Å². The Morgan fingerprint density at radius 1 is 1.38 bits per heavy atom. The first-order valence-electron chi connectivity index (χ1n) is 7.86. The van der Waals surface area contributed by atoms with Crippen molar-refractivity contribution in [1.82, 2.24) is 14.8 Å². The van der Waals surface area contributed by atoms with E-state index in [2.05, 4.69) is 22.1 Å². The van der Waals surface area contributed by atoms with Crippen LogP contribution in [0, 0.1) is 6.92 Å². The van der Waals surface area contributed by atoms with Gasteiger partial charge in [0.2, 0.25) is 5.91 Å².